The van der Waals surface area contributed by atoms with Crippen LogP contribution in [0.4, 0.5) is 5.95 Å². The lowest BCUT2D eigenvalue weighted by molar-refractivity contribution is 0.111. The highest BCUT2D eigenvalue weighted by atomic mass is 16.5. The summed E-state index contributed by atoms with van der Waals surface area (Å²) in [6, 6.07) is 0. The topological polar surface area (TPSA) is 88.0 Å². The van der Waals surface area contributed by atoms with Gasteiger partial charge in [0.1, 0.15) is 6.10 Å². The molecule has 2 rings (SSSR count). The van der Waals surface area contributed by atoms with Gasteiger partial charge in [0.05, 0.1) is 11.3 Å². The molecule has 6 nitrogen and oxygen atoms in total. The second kappa shape index (κ2) is 4.73. The number of carbonyl (C=O) groups is 1. The van der Waals surface area contributed by atoms with Crippen molar-refractivity contribution in [3.8, 4) is 5.88 Å². The molecule has 1 aliphatic carbocycles. The highest BCUT2D eigenvalue weighted by molar-refractivity contribution is 5.80. The van der Waals surface area contributed by atoms with Crippen molar-refractivity contribution in [2.45, 2.75) is 18.9 Å². The molecule has 1 aliphatic rings. The third-order valence-electron chi connectivity index (χ3n) is 2.16. The predicted octanol–water partition coefficient (Wildman–Crippen LogP) is 1.41. The minimum atomic E-state index is 0.155. The number of ether oxygens (including phenoxy) is 1. The molecule has 0 bridgehead atoms. The Morgan fingerprint density at radius 3 is 3.00 bits per heavy atom. The van der Waals surface area contributed by atoms with Crippen LogP contribution in [0.1, 0.15) is 23.2 Å². The molecule has 17 heavy (non-hydrogen) atoms. The van der Waals surface area contributed by atoms with E-state index in [-0.39, 0.29) is 17.9 Å². The van der Waals surface area contributed by atoms with E-state index in [1.807, 2.05) is 0 Å². The number of hydrogen-bond donors (Lipinski definition) is 2. The van der Waals surface area contributed by atoms with Crippen molar-refractivity contribution in [3.63, 3.8) is 0 Å². The highest BCUT2D eigenvalue weighted by Crippen LogP contribution is 2.27. The van der Waals surface area contributed by atoms with Crippen molar-refractivity contribution in [1.29, 1.82) is 5.41 Å². The maximum atomic E-state index is 10.8. The van der Waals surface area contributed by atoms with Crippen molar-refractivity contribution < 1.29 is 9.53 Å². The number of aromatic nitrogens is 2. The molecule has 0 radical (unpaired) electrons. The lowest BCUT2D eigenvalue weighted by Gasteiger charge is -2.08. The fourth-order valence-electron chi connectivity index (χ4n) is 1.13. The van der Waals surface area contributed by atoms with E-state index in [0.717, 1.165) is 19.1 Å². The molecular formula is C11H12N4O2. The summed E-state index contributed by atoms with van der Waals surface area (Å²) in [6.07, 6.45) is 5.22. The predicted molar refractivity (Wildman–Crippen MR) is 62.6 cm³/mol. The normalized spacial score (nSPS) is 13.9. The zero-order valence-electron chi connectivity index (χ0n) is 9.14. The first-order valence-electron chi connectivity index (χ1n) is 5.18. The van der Waals surface area contributed by atoms with Gasteiger partial charge in [-0.15, -0.1) is 0 Å². The van der Waals surface area contributed by atoms with Gasteiger partial charge in [-0.3, -0.25) is 4.79 Å². The van der Waals surface area contributed by atoms with Crippen LogP contribution in [0.3, 0.4) is 0 Å². The lowest BCUT2D eigenvalue weighted by Crippen LogP contribution is -2.07. The second-order valence-corrected chi connectivity index (χ2v) is 3.68. The minimum Gasteiger partial charge on any atom is -0.474 e. The molecule has 6 heteroatoms. The molecule has 0 saturated heterocycles. The fraction of sp³-hybridized carbons (Fsp3) is 0.273. The molecule has 0 unspecified atom stereocenters. The maximum absolute atomic E-state index is 10.8. The number of aldehydes is 1. The zero-order valence-corrected chi connectivity index (χ0v) is 9.14. The number of hydrogen-bond acceptors (Lipinski definition) is 6. The number of allylic oxidation sites excluding steroid dienone is 1. The van der Waals surface area contributed by atoms with Crippen molar-refractivity contribution >= 4 is 18.4 Å². The van der Waals surface area contributed by atoms with Crippen molar-refractivity contribution in [2.75, 3.05) is 5.32 Å². The number of anilines is 1. The first-order valence-corrected chi connectivity index (χ1v) is 5.18. The second-order valence-electron chi connectivity index (χ2n) is 3.68. The molecule has 2 N–H and O–H groups in total. The first kappa shape index (κ1) is 11.3. The summed E-state index contributed by atoms with van der Waals surface area (Å²) in [5, 5.41) is 9.70. The van der Waals surface area contributed by atoms with Crippen LogP contribution in [0.25, 0.3) is 0 Å². The van der Waals surface area contributed by atoms with Gasteiger partial charge in [-0.05, 0) is 12.8 Å². The summed E-state index contributed by atoms with van der Waals surface area (Å²) in [7, 11) is 0. The van der Waals surface area contributed by atoms with Gasteiger partial charge in [0.25, 0.3) is 0 Å². The third kappa shape index (κ3) is 2.87. The molecule has 0 spiro atoms. The molecule has 0 aromatic carbocycles. The Bertz CT molecular complexity index is 469. The van der Waals surface area contributed by atoms with E-state index in [9.17, 15) is 4.79 Å². The molecular weight excluding hydrogens is 220 g/mol. The van der Waals surface area contributed by atoms with Gasteiger partial charge in [-0.25, -0.2) is 4.98 Å². The van der Waals surface area contributed by atoms with Crippen molar-refractivity contribution in [2.24, 2.45) is 0 Å². The van der Waals surface area contributed by atoms with E-state index in [1.165, 1.54) is 6.20 Å². The van der Waals surface area contributed by atoms with Crippen LogP contribution >= 0.6 is 0 Å². The summed E-state index contributed by atoms with van der Waals surface area (Å²) in [6.45, 7) is 3.57. The van der Waals surface area contributed by atoms with Crippen LogP contribution < -0.4 is 10.1 Å². The average molecular weight is 232 g/mol. The SMILES string of the molecule is C=C(C=N)Nc1ncc(C=O)c(OC2CC2)n1. The van der Waals surface area contributed by atoms with E-state index in [2.05, 4.69) is 21.9 Å². The highest BCUT2D eigenvalue weighted by Gasteiger charge is 2.25. The molecule has 1 aromatic rings. The van der Waals surface area contributed by atoms with Crippen LogP contribution in [0.5, 0.6) is 5.88 Å². The molecule has 1 saturated carbocycles. The average Bonchev–Trinajstić information content (AvgIpc) is 3.13. The standard InChI is InChI=1S/C11H12N4O2/c1-7(4-12)14-11-13-5-8(6-16)10(15-11)17-9-2-3-9/h4-6,9,12H,1-3H2,(H,13,14,15). The van der Waals surface area contributed by atoms with Gasteiger partial charge < -0.3 is 15.5 Å². The monoisotopic (exact) mass is 232 g/mol. The van der Waals surface area contributed by atoms with Gasteiger partial charge in [0, 0.05) is 12.4 Å². The van der Waals surface area contributed by atoms with Gasteiger partial charge in [0.15, 0.2) is 6.29 Å². The molecule has 88 valence electrons. The van der Waals surface area contributed by atoms with E-state index in [1.54, 1.807) is 0 Å². The third-order valence-corrected chi connectivity index (χ3v) is 2.16. The Labute approximate surface area is 98.2 Å². The van der Waals surface area contributed by atoms with Crippen LogP contribution in [0, 0.1) is 5.41 Å². The Kier molecular flexibility index (Phi) is 3.13. The smallest absolute Gasteiger partial charge is 0.230 e. The molecule has 1 aromatic heterocycles. The minimum absolute atomic E-state index is 0.155. The number of carbonyl (C=O) groups excluding carboxylic acids is 1. The van der Waals surface area contributed by atoms with Gasteiger partial charge >= 0.3 is 0 Å². The van der Waals surface area contributed by atoms with Crippen molar-refractivity contribution in [1.82, 2.24) is 9.97 Å². The molecule has 0 atom stereocenters. The zero-order chi connectivity index (χ0) is 12.3. The summed E-state index contributed by atoms with van der Waals surface area (Å²) >= 11 is 0. The van der Waals surface area contributed by atoms with Crippen molar-refractivity contribution in [3.05, 3.63) is 24.0 Å². The summed E-state index contributed by atoms with van der Waals surface area (Å²) < 4.78 is 5.49. The molecule has 0 aliphatic heterocycles. The number of nitrogens with one attached hydrogen (secondary N) is 2. The van der Waals surface area contributed by atoms with E-state index in [4.69, 9.17) is 10.1 Å². The van der Waals surface area contributed by atoms with Crippen LogP contribution in [0.15, 0.2) is 18.5 Å². The summed E-state index contributed by atoms with van der Waals surface area (Å²) in [4.78, 5) is 18.8. The summed E-state index contributed by atoms with van der Waals surface area (Å²) in [5.41, 5.74) is 0.684. The number of rotatable bonds is 6. The Hall–Kier alpha value is -2.24. The fourth-order valence-corrected chi connectivity index (χ4v) is 1.13. The van der Waals surface area contributed by atoms with E-state index >= 15 is 0 Å². The first-order chi connectivity index (χ1) is 8.22. The van der Waals surface area contributed by atoms with Gasteiger partial charge in [-0.1, -0.05) is 6.58 Å². The summed E-state index contributed by atoms with van der Waals surface area (Å²) in [5.74, 6) is 0.539. The Morgan fingerprint density at radius 2 is 2.41 bits per heavy atom. The largest absolute Gasteiger partial charge is 0.474 e. The quantitative estimate of drug-likeness (QED) is 0.571. The van der Waals surface area contributed by atoms with Gasteiger partial charge in [-0.2, -0.15) is 4.98 Å². The molecule has 0 amide bonds. The Balaban J connectivity index is 2.20. The lowest BCUT2D eigenvalue weighted by atomic mass is 10.3. The molecule has 1 heterocycles. The maximum Gasteiger partial charge on any atom is 0.230 e. The van der Waals surface area contributed by atoms with Crippen LogP contribution in [-0.4, -0.2) is 28.6 Å². The van der Waals surface area contributed by atoms with Crippen LogP contribution in [-0.2, 0) is 0 Å². The van der Waals surface area contributed by atoms with Crippen LogP contribution in [0.2, 0.25) is 0 Å². The van der Waals surface area contributed by atoms with E-state index < -0.39 is 0 Å². The molecule has 1 fully saturated rings. The number of nitrogens with zero attached hydrogens (tertiary/aromatic N) is 2. The Morgan fingerprint density at radius 1 is 1.65 bits per heavy atom. The van der Waals surface area contributed by atoms with E-state index in [0.29, 0.717) is 17.5 Å². The van der Waals surface area contributed by atoms with Gasteiger partial charge in [0.2, 0.25) is 11.8 Å².